The van der Waals surface area contributed by atoms with Gasteiger partial charge < -0.3 is 33.1 Å². The van der Waals surface area contributed by atoms with E-state index in [1.807, 2.05) is 0 Å². The van der Waals surface area contributed by atoms with E-state index in [-0.39, 0.29) is 52.6 Å². The first-order valence-corrected chi connectivity index (χ1v) is 42.9. The SMILES string of the molecule is CC#N.CC#N.Cl.PP(P)P(P)P.S=S=S=S=S=S=S=S=S=S=S=S=S.[Cl][Pt+2][Cl].[Cl][Pt].[NH-]CC(O)C[NH-].[NH-]CC(O)C[NH-]. The molecule has 0 spiro atoms. The molecule has 0 amide bonds. The minimum atomic E-state index is -0.731. The topological polar surface area (TPSA) is 183 Å². The van der Waals surface area contributed by atoms with E-state index in [2.05, 4.69) is 45.1 Å². The molecular weight excluding hydrogens is 1370 g/mol. The van der Waals surface area contributed by atoms with Gasteiger partial charge in [-0.3, -0.25) is 0 Å². The van der Waals surface area contributed by atoms with Gasteiger partial charge in [-0.2, -0.15) is 10.5 Å². The second kappa shape index (κ2) is 82.3. The summed E-state index contributed by atoms with van der Waals surface area (Å²) < 4.78 is 0. The van der Waals surface area contributed by atoms with Crippen molar-refractivity contribution < 1.29 is 45.5 Å². The van der Waals surface area contributed by atoms with E-state index in [0.717, 1.165) is 0 Å². The van der Waals surface area contributed by atoms with E-state index < -0.39 is 28.7 Å². The number of rotatable bonds is 5. The Morgan fingerprint density at radius 1 is 0.698 bits per heavy atom. The Bertz CT molecular complexity index is 1000. The quantitative estimate of drug-likeness (QED) is 0.270. The zero-order valence-electron chi connectivity index (χ0n) is 21.5. The second-order valence-corrected chi connectivity index (χ2v) is 46.6. The van der Waals surface area contributed by atoms with Gasteiger partial charge in [0.25, 0.3) is 0 Å². The molecule has 43 heavy (non-hydrogen) atoms. The molecule has 0 aromatic carbocycles. The standard InChI is InChI=1S/2C3H8N2O.2C2H3N.4ClH.H8P6.2Pt.S13/c2*4-1-3(6)2-5;2*1-2-3;;;;;1-5(2)6(3)4;;;1-3-5-7-9-11-13-12-10-8-6-4-2/h2*3-6H,1-2H2;2*1H3;4*1H;1-4H2;;;/q2*-2;;;;;;;;+1;+4;/p-3. The van der Waals surface area contributed by atoms with Gasteiger partial charge >= 0.3 is 63.5 Å². The molecule has 0 aliphatic heterocycles. The number of nitrogens with zero attached hydrogens (tertiary/aromatic N) is 2. The van der Waals surface area contributed by atoms with Crippen molar-refractivity contribution in [2.75, 3.05) is 26.2 Å². The molecule has 0 saturated heterocycles. The molecule has 0 radical (unpaired) electrons. The molecule has 0 fully saturated rings. The normalized spacial score (nSPS) is 7.51. The molecule has 0 aromatic rings. The third kappa shape index (κ3) is 129. The van der Waals surface area contributed by atoms with Crippen LogP contribution < -0.4 is 0 Å². The van der Waals surface area contributed by atoms with Crippen molar-refractivity contribution in [2.24, 2.45) is 0 Å². The molecule has 0 rings (SSSR count). The maximum absolute atomic E-state index is 8.29. The third-order valence-electron chi connectivity index (χ3n) is 1.49. The fourth-order valence-corrected chi connectivity index (χ4v) is 24.9. The summed E-state index contributed by atoms with van der Waals surface area (Å²) in [5.74, 6) is 0. The first-order valence-electron chi connectivity index (χ1n) is 8.60. The van der Waals surface area contributed by atoms with Crippen LogP contribution >= 0.6 is 90.3 Å². The van der Waals surface area contributed by atoms with E-state index in [9.17, 15) is 0 Å². The summed E-state index contributed by atoms with van der Waals surface area (Å²) in [6.07, 6.45) is -1.46. The van der Waals surface area contributed by atoms with Crippen molar-refractivity contribution in [1.29, 1.82) is 10.5 Å². The predicted octanol–water partition coefficient (Wildman–Crippen LogP) is 7.44. The second-order valence-electron chi connectivity index (χ2n) is 4.13. The van der Waals surface area contributed by atoms with Crippen molar-refractivity contribution in [2.45, 2.75) is 26.1 Å². The first-order chi connectivity index (χ1) is 19.9. The molecule has 0 saturated carbocycles. The molecule has 33 heteroatoms. The van der Waals surface area contributed by atoms with Gasteiger partial charge in [0.05, 0.1) is 12.1 Å². The Hall–Kier alpha value is 6.72. The van der Waals surface area contributed by atoms with Crippen LogP contribution in [0.25, 0.3) is 22.9 Å². The van der Waals surface area contributed by atoms with Crippen LogP contribution in [0.15, 0.2) is 0 Å². The zero-order chi connectivity index (χ0) is 35.0. The van der Waals surface area contributed by atoms with Crippen LogP contribution in [0.3, 0.4) is 0 Å². The van der Waals surface area contributed by atoms with Crippen molar-refractivity contribution in [3.8, 4) is 12.1 Å². The molecule has 4 unspecified atom stereocenters. The van der Waals surface area contributed by atoms with Crippen LogP contribution in [0, 0.1) is 22.7 Å². The number of aliphatic hydroxyl groups excluding tert-OH is 2. The van der Waals surface area contributed by atoms with Crippen molar-refractivity contribution in [3.63, 3.8) is 0 Å². The zero-order valence-corrected chi connectivity index (χ0v) is 46.1. The van der Waals surface area contributed by atoms with Gasteiger partial charge in [-0.25, -0.2) is 0 Å². The van der Waals surface area contributed by atoms with E-state index >= 15 is 0 Å². The average Bonchev–Trinajstić information content (AvgIpc) is 2.98. The maximum Gasteiger partial charge on any atom is 0.0162 e. The Balaban J connectivity index is -0.0000000476. The summed E-state index contributed by atoms with van der Waals surface area (Å²) in [5, 5.41) is 31.2. The molecule has 4 atom stereocenters. The number of halogens is 4. The van der Waals surface area contributed by atoms with Crippen molar-refractivity contribution in [3.05, 3.63) is 22.9 Å². The predicted molar refractivity (Wildman–Crippen MR) is 245 cm³/mol. The molecular formula is C10H31Cl4N6O2P6Pt2S13-2. The van der Waals surface area contributed by atoms with Gasteiger partial charge in [0.1, 0.15) is 0 Å². The number of nitriles is 2. The van der Waals surface area contributed by atoms with Crippen LogP contribution in [-0.4, -0.2) is 48.6 Å². The van der Waals surface area contributed by atoms with Crippen LogP contribution in [0.4, 0.5) is 0 Å². The number of hydrogen-bond acceptors (Lipinski definition) is 6. The molecule has 0 aliphatic carbocycles. The van der Waals surface area contributed by atoms with Gasteiger partial charge in [0.2, 0.25) is 0 Å². The van der Waals surface area contributed by atoms with Gasteiger partial charge in [-0.15, -0.1) is 74.3 Å². The molecule has 0 aliphatic rings. The largest absolute Gasteiger partial charge is 0.675 e. The van der Waals surface area contributed by atoms with Crippen LogP contribution in [0.1, 0.15) is 13.8 Å². The van der Waals surface area contributed by atoms with E-state index in [4.69, 9.17) is 84.9 Å². The number of hydrogen-bond donors (Lipinski definition) is 2. The van der Waals surface area contributed by atoms with Crippen LogP contribution in [0.2, 0.25) is 0 Å². The smallest absolute Gasteiger partial charge is 0.0162 e. The Kier molecular flexibility index (Phi) is 136. The van der Waals surface area contributed by atoms with Gasteiger partial charge in [-0.05, 0) is 14.0 Å². The van der Waals surface area contributed by atoms with Crippen LogP contribution in [0.5, 0.6) is 0 Å². The molecule has 0 aromatic heterocycles. The summed E-state index contributed by atoms with van der Waals surface area (Å²) in [6, 6.07) is 3.50. The third-order valence-corrected chi connectivity index (χ3v) is 45.0. The van der Waals surface area contributed by atoms with Gasteiger partial charge in [0, 0.05) is 146 Å². The average molecular weight is 1400 g/mol. The summed E-state index contributed by atoms with van der Waals surface area (Å²) >= 11 is 10.5. The number of aliphatic hydroxyl groups is 2. The van der Waals surface area contributed by atoms with Crippen LogP contribution in [-0.2, 0) is 155 Å². The van der Waals surface area contributed by atoms with Gasteiger partial charge in [0.15, 0.2) is 0 Å². The summed E-state index contributed by atoms with van der Waals surface area (Å²) in [4.78, 5) is 0. The first kappa shape index (κ1) is 71.2. The van der Waals surface area contributed by atoms with E-state index in [0.29, 0.717) is 0 Å². The summed E-state index contributed by atoms with van der Waals surface area (Å²) in [7, 11) is 43.6. The van der Waals surface area contributed by atoms with E-state index in [1.54, 1.807) is 111 Å². The molecule has 271 valence electrons. The summed E-state index contributed by atoms with van der Waals surface area (Å²) in [6.45, 7) is 2.98. The molecule has 0 heterocycles. The fraction of sp³-hybridized carbons (Fsp3) is 0.800. The summed E-state index contributed by atoms with van der Waals surface area (Å²) in [5.41, 5.74) is 25.8. The fourth-order valence-electron chi connectivity index (χ4n) is 0.246. The Labute approximate surface area is 347 Å². The Morgan fingerprint density at radius 3 is 0.907 bits per heavy atom. The van der Waals surface area contributed by atoms with Crippen molar-refractivity contribution in [1.82, 2.24) is 0 Å². The minimum Gasteiger partial charge on any atom is -0.675 e. The molecule has 8 nitrogen and oxygen atoms in total. The molecule has 6 N–H and O–H groups in total. The monoisotopic (exact) mass is 1400 g/mol. The number of nitrogens with one attached hydrogen (secondary N) is 4. The van der Waals surface area contributed by atoms with Gasteiger partial charge in [-0.1, -0.05) is 0 Å². The molecule has 0 bridgehead atoms. The van der Waals surface area contributed by atoms with Crippen molar-refractivity contribution >= 4 is 210 Å². The maximum atomic E-state index is 8.29. The van der Waals surface area contributed by atoms with E-state index in [1.165, 1.54) is 31.6 Å². The Morgan fingerprint density at radius 2 is 0.837 bits per heavy atom. The minimum absolute atomic E-state index is 0.